The number of aryl methyl sites for hydroxylation is 1. The quantitative estimate of drug-likeness (QED) is 0.651. The second kappa shape index (κ2) is 6.22. The summed E-state index contributed by atoms with van der Waals surface area (Å²) in [5, 5.41) is 0. The second-order valence-electron chi connectivity index (χ2n) is 5.41. The summed E-state index contributed by atoms with van der Waals surface area (Å²) in [4.78, 5) is 9.46. The van der Waals surface area contributed by atoms with Gasteiger partial charge in [-0.3, -0.25) is 0 Å². The molecule has 4 heteroatoms. The molecule has 4 nitrogen and oxygen atoms in total. The number of anilines is 1. The fourth-order valence-electron chi connectivity index (χ4n) is 2.84. The molecule has 2 aromatic rings. The Kier molecular flexibility index (Phi) is 4.58. The van der Waals surface area contributed by atoms with Gasteiger partial charge >= 0.3 is 0 Å². The van der Waals surface area contributed by atoms with E-state index in [2.05, 4.69) is 43.5 Å². The summed E-state index contributed by atoms with van der Waals surface area (Å²) in [5.41, 5.74) is 5.74. The lowest BCUT2D eigenvalue weighted by atomic mass is 9.75. The standard InChI is InChI=1S/C17H24N4/c1-5-17(6-2,14-10-8-7-9-11-14)16-19-13(4)12(3)15(20-16)21-18/h7-11H,5-6,18H2,1-4H3,(H,19,20,21). The summed E-state index contributed by atoms with van der Waals surface area (Å²) in [6.45, 7) is 8.36. The normalized spacial score (nSPS) is 11.5. The third kappa shape index (κ3) is 2.63. The molecule has 0 atom stereocenters. The van der Waals surface area contributed by atoms with E-state index in [1.165, 1.54) is 5.56 Å². The molecule has 0 spiro atoms. The molecule has 0 bridgehead atoms. The number of nitrogens with zero attached hydrogens (tertiary/aromatic N) is 2. The van der Waals surface area contributed by atoms with E-state index in [9.17, 15) is 0 Å². The first-order valence-electron chi connectivity index (χ1n) is 7.47. The average Bonchev–Trinajstić information content (AvgIpc) is 2.53. The van der Waals surface area contributed by atoms with Gasteiger partial charge in [-0.15, -0.1) is 0 Å². The molecule has 1 aromatic heterocycles. The smallest absolute Gasteiger partial charge is 0.146 e. The third-order valence-electron chi connectivity index (χ3n) is 4.49. The molecule has 0 saturated heterocycles. The number of benzene rings is 1. The first kappa shape index (κ1) is 15.4. The summed E-state index contributed by atoms with van der Waals surface area (Å²) >= 11 is 0. The fraction of sp³-hybridized carbons (Fsp3) is 0.412. The van der Waals surface area contributed by atoms with Crippen LogP contribution in [0.5, 0.6) is 0 Å². The number of hydrogen-bond acceptors (Lipinski definition) is 4. The Morgan fingerprint density at radius 3 is 2.19 bits per heavy atom. The molecular weight excluding hydrogens is 260 g/mol. The highest BCUT2D eigenvalue weighted by atomic mass is 15.3. The molecule has 0 aliphatic heterocycles. The maximum absolute atomic E-state index is 5.61. The number of hydrazine groups is 1. The first-order valence-corrected chi connectivity index (χ1v) is 7.47. The van der Waals surface area contributed by atoms with Gasteiger partial charge in [0.2, 0.25) is 0 Å². The van der Waals surface area contributed by atoms with Gasteiger partial charge in [-0.05, 0) is 32.3 Å². The Balaban J connectivity index is 2.66. The topological polar surface area (TPSA) is 63.8 Å². The Morgan fingerprint density at radius 2 is 1.67 bits per heavy atom. The zero-order valence-corrected chi connectivity index (χ0v) is 13.3. The van der Waals surface area contributed by atoms with Crippen LogP contribution in [0.4, 0.5) is 5.82 Å². The maximum atomic E-state index is 5.61. The van der Waals surface area contributed by atoms with Crippen molar-refractivity contribution in [3.05, 3.63) is 53.0 Å². The van der Waals surface area contributed by atoms with Gasteiger partial charge in [0.25, 0.3) is 0 Å². The Morgan fingerprint density at radius 1 is 1.05 bits per heavy atom. The maximum Gasteiger partial charge on any atom is 0.146 e. The van der Waals surface area contributed by atoms with Crippen LogP contribution in [0.1, 0.15) is 49.3 Å². The summed E-state index contributed by atoms with van der Waals surface area (Å²) < 4.78 is 0. The number of aromatic nitrogens is 2. The van der Waals surface area contributed by atoms with Crippen molar-refractivity contribution in [2.24, 2.45) is 5.84 Å². The monoisotopic (exact) mass is 284 g/mol. The summed E-state index contributed by atoms with van der Waals surface area (Å²) in [6, 6.07) is 10.5. The molecular formula is C17H24N4. The summed E-state index contributed by atoms with van der Waals surface area (Å²) in [5.74, 6) is 7.16. The highest BCUT2D eigenvalue weighted by Gasteiger charge is 2.34. The molecule has 21 heavy (non-hydrogen) atoms. The Bertz CT molecular complexity index is 604. The number of nitrogen functional groups attached to an aromatic ring is 1. The molecule has 1 aromatic carbocycles. The van der Waals surface area contributed by atoms with Crippen molar-refractivity contribution in [2.45, 2.75) is 46.0 Å². The fourth-order valence-corrected chi connectivity index (χ4v) is 2.84. The van der Waals surface area contributed by atoms with Gasteiger partial charge in [0.1, 0.15) is 11.6 Å². The van der Waals surface area contributed by atoms with Crippen molar-refractivity contribution in [2.75, 3.05) is 5.43 Å². The van der Waals surface area contributed by atoms with Crippen LogP contribution in [0.15, 0.2) is 30.3 Å². The van der Waals surface area contributed by atoms with E-state index in [1.54, 1.807) is 0 Å². The number of hydrogen-bond donors (Lipinski definition) is 2. The lowest BCUT2D eigenvalue weighted by molar-refractivity contribution is 0.448. The Hall–Kier alpha value is -1.94. The predicted molar refractivity (Wildman–Crippen MR) is 87.1 cm³/mol. The molecule has 0 saturated carbocycles. The molecule has 2 rings (SSSR count). The molecule has 0 aliphatic rings. The van der Waals surface area contributed by atoms with Crippen LogP contribution in [0.25, 0.3) is 0 Å². The van der Waals surface area contributed by atoms with E-state index in [0.29, 0.717) is 5.82 Å². The van der Waals surface area contributed by atoms with Gasteiger partial charge < -0.3 is 5.43 Å². The van der Waals surface area contributed by atoms with E-state index in [-0.39, 0.29) is 5.41 Å². The van der Waals surface area contributed by atoms with Crippen molar-refractivity contribution in [3.63, 3.8) is 0 Å². The summed E-state index contributed by atoms with van der Waals surface area (Å²) in [6.07, 6.45) is 1.89. The highest BCUT2D eigenvalue weighted by molar-refractivity contribution is 5.46. The molecule has 1 heterocycles. The van der Waals surface area contributed by atoms with Gasteiger partial charge in [-0.1, -0.05) is 44.2 Å². The molecule has 0 aliphatic carbocycles. The Labute approximate surface area is 126 Å². The van der Waals surface area contributed by atoms with Gasteiger partial charge in [-0.2, -0.15) is 0 Å². The molecule has 0 amide bonds. The van der Waals surface area contributed by atoms with E-state index >= 15 is 0 Å². The largest absolute Gasteiger partial charge is 0.308 e. The highest BCUT2D eigenvalue weighted by Crippen LogP contribution is 2.37. The molecule has 0 unspecified atom stereocenters. The van der Waals surface area contributed by atoms with Crippen LogP contribution < -0.4 is 11.3 Å². The van der Waals surface area contributed by atoms with Crippen LogP contribution in [0.3, 0.4) is 0 Å². The van der Waals surface area contributed by atoms with Gasteiger partial charge in [-0.25, -0.2) is 15.8 Å². The van der Waals surface area contributed by atoms with Crippen molar-refractivity contribution in [3.8, 4) is 0 Å². The van der Waals surface area contributed by atoms with Crippen molar-refractivity contribution >= 4 is 5.82 Å². The van der Waals surface area contributed by atoms with Crippen molar-refractivity contribution in [1.82, 2.24) is 9.97 Å². The minimum absolute atomic E-state index is 0.175. The second-order valence-corrected chi connectivity index (χ2v) is 5.41. The van der Waals surface area contributed by atoms with E-state index in [1.807, 2.05) is 19.9 Å². The van der Waals surface area contributed by atoms with E-state index in [4.69, 9.17) is 15.8 Å². The van der Waals surface area contributed by atoms with Crippen LogP contribution in [-0.2, 0) is 5.41 Å². The van der Waals surface area contributed by atoms with E-state index in [0.717, 1.165) is 29.9 Å². The zero-order chi connectivity index (χ0) is 15.5. The molecule has 0 radical (unpaired) electrons. The van der Waals surface area contributed by atoms with Gasteiger partial charge in [0.05, 0.1) is 5.41 Å². The van der Waals surface area contributed by atoms with Crippen molar-refractivity contribution < 1.29 is 0 Å². The van der Waals surface area contributed by atoms with Crippen LogP contribution >= 0.6 is 0 Å². The van der Waals surface area contributed by atoms with Gasteiger partial charge in [0.15, 0.2) is 0 Å². The van der Waals surface area contributed by atoms with Crippen molar-refractivity contribution in [1.29, 1.82) is 0 Å². The van der Waals surface area contributed by atoms with Crippen LogP contribution in [0.2, 0.25) is 0 Å². The predicted octanol–water partition coefficient (Wildman–Crippen LogP) is 3.49. The number of rotatable bonds is 5. The third-order valence-corrected chi connectivity index (χ3v) is 4.49. The molecule has 3 N–H and O–H groups in total. The first-order chi connectivity index (χ1) is 10.1. The number of nitrogens with one attached hydrogen (secondary N) is 1. The minimum atomic E-state index is -0.175. The van der Waals surface area contributed by atoms with E-state index < -0.39 is 0 Å². The summed E-state index contributed by atoms with van der Waals surface area (Å²) in [7, 11) is 0. The van der Waals surface area contributed by atoms with Crippen LogP contribution in [0, 0.1) is 13.8 Å². The van der Waals surface area contributed by atoms with Gasteiger partial charge in [0, 0.05) is 11.3 Å². The minimum Gasteiger partial charge on any atom is -0.308 e. The SMILES string of the molecule is CCC(CC)(c1ccccc1)c1nc(C)c(C)c(NN)n1. The lowest BCUT2D eigenvalue weighted by Crippen LogP contribution is -2.30. The molecule has 112 valence electrons. The average molecular weight is 284 g/mol. The number of nitrogens with two attached hydrogens (primary N) is 1. The zero-order valence-electron chi connectivity index (χ0n) is 13.3. The molecule has 0 fully saturated rings. The van der Waals surface area contributed by atoms with Crippen LogP contribution in [-0.4, -0.2) is 9.97 Å². The lowest BCUT2D eigenvalue weighted by Gasteiger charge is -2.31.